The van der Waals surface area contributed by atoms with E-state index in [4.69, 9.17) is 15.1 Å². The number of nitriles is 1. The summed E-state index contributed by atoms with van der Waals surface area (Å²) in [7, 11) is 0. The Labute approximate surface area is 125 Å². The van der Waals surface area contributed by atoms with Crippen LogP contribution in [0.15, 0.2) is 0 Å². The van der Waals surface area contributed by atoms with Crippen molar-refractivity contribution in [3.63, 3.8) is 0 Å². The van der Waals surface area contributed by atoms with Crippen LogP contribution in [0.4, 0.5) is 4.79 Å². The largest absolute Gasteiger partial charge is 0.481 e. The second-order valence-electron chi connectivity index (χ2n) is 5.57. The van der Waals surface area contributed by atoms with Crippen molar-refractivity contribution < 1.29 is 19.4 Å². The first-order valence-corrected chi connectivity index (χ1v) is 7.18. The van der Waals surface area contributed by atoms with E-state index < -0.39 is 12.1 Å². The molecule has 1 N–H and O–H groups in total. The van der Waals surface area contributed by atoms with Crippen molar-refractivity contribution in [3.05, 3.63) is 0 Å². The van der Waals surface area contributed by atoms with Crippen LogP contribution in [0.2, 0.25) is 0 Å². The van der Waals surface area contributed by atoms with Crippen molar-refractivity contribution in [1.29, 1.82) is 5.26 Å². The topological polar surface area (TPSA) is 93.9 Å². The van der Waals surface area contributed by atoms with Crippen LogP contribution < -0.4 is 0 Å². The van der Waals surface area contributed by atoms with Gasteiger partial charge in [-0.3, -0.25) is 4.79 Å². The summed E-state index contributed by atoms with van der Waals surface area (Å²) < 4.78 is 5.37. The van der Waals surface area contributed by atoms with Gasteiger partial charge in [0.2, 0.25) is 0 Å². The van der Waals surface area contributed by atoms with Gasteiger partial charge in [0.1, 0.15) is 0 Å². The average Bonchev–Trinajstić information content (AvgIpc) is 2.42. The zero-order chi connectivity index (χ0) is 15.8. The number of hydrogen-bond acceptors (Lipinski definition) is 4. The maximum Gasteiger partial charge on any atom is 0.320 e. The van der Waals surface area contributed by atoms with Crippen LogP contribution in [-0.2, 0) is 9.53 Å². The molecular formula is C14H23N3O4. The molecule has 1 heterocycles. The van der Waals surface area contributed by atoms with Crippen molar-refractivity contribution in [1.82, 2.24) is 9.80 Å². The Morgan fingerprint density at radius 2 is 2.24 bits per heavy atom. The highest BCUT2D eigenvalue weighted by Crippen LogP contribution is 2.12. The van der Waals surface area contributed by atoms with Crippen LogP contribution in [0.1, 0.15) is 26.7 Å². The Bertz CT molecular complexity index is 406. The predicted molar refractivity (Wildman–Crippen MR) is 75.6 cm³/mol. The molecule has 0 bridgehead atoms. The Morgan fingerprint density at radius 3 is 2.81 bits per heavy atom. The van der Waals surface area contributed by atoms with Gasteiger partial charge in [-0.25, -0.2) is 4.79 Å². The van der Waals surface area contributed by atoms with Crippen LogP contribution in [0.5, 0.6) is 0 Å². The van der Waals surface area contributed by atoms with Crippen LogP contribution in [-0.4, -0.2) is 65.8 Å². The molecule has 1 saturated heterocycles. The molecule has 118 valence electrons. The average molecular weight is 297 g/mol. The van der Waals surface area contributed by atoms with E-state index in [0.29, 0.717) is 38.6 Å². The third kappa shape index (κ3) is 6.00. The molecule has 0 aromatic rings. The Kier molecular flexibility index (Phi) is 6.96. The zero-order valence-electron chi connectivity index (χ0n) is 12.6. The van der Waals surface area contributed by atoms with Gasteiger partial charge in [-0.15, -0.1) is 0 Å². The summed E-state index contributed by atoms with van der Waals surface area (Å²) in [6.45, 7) is 6.09. The van der Waals surface area contributed by atoms with Gasteiger partial charge in [-0.2, -0.15) is 5.26 Å². The molecule has 1 aliphatic rings. The molecule has 0 radical (unpaired) electrons. The number of carbonyl (C=O) groups excluding carboxylic acids is 1. The fraction of sp³-hybridized carbons (Fsp3) is 0.786. The normalized spacial score (nSPS) is 18.4. The summed E-state index contributed by atoms with van der Waals surface area (Å²) in [6.07, 6.45) is -0.273. The fourth-order valence-corrected chi connectivity index (χ4v) is 2.30. The summed E-state index contributed by atoms with van der Waals surface area (Å²) >= 11 is 0. The minimum Gasteiger partial charge on any atom is -0.481 e. The van der Waals surface area contributed by atoms with Gasteiger partial charge in [-0.1, -0.05) is 13.8 Å². The molecule has 0 aliphatic carbocycles. The predicted octanol–water partition coefficient (Wildman–Crippen LogP) is 1.15. The first-order valence-electron chi connectivity index (χ1n) is 7.18. The summed E-state index contributed by atoms with van der Waals surface area (Å²) in [6, 6.07) is 1.91. The van der Waals surface area contributed by atoms with Crippen molar-refractivity contribution in [2.45, 2.75) is 32.8 Å². The van der Waals surface area contributed by atoms with Crippen molar-refractivity contribution in [2.75, 3.05) is 32.8 Å². The number of nitrogens with zero attached hydrogens (tertiary/aromatic N) is 3. The van der Waals surface area contributed by atoms with E-state index >= 15 is 0 Å². The number of urea groups is 1. The lowest BCUT2D eigenvalue weighted by molar-refractivity contribution is -0.141. The molecule has 0 spiro atoms. The van der Waals surface area contributed by atoms with E-state index in [1.54, 1.807) is 9.80 Å². The zero-order valence-corrected chi connectivity index (χ0v) is 12.6. The van der Waals surface area contributed by atoms with Crippen molar-refractivity contribution >= 4 is 12.0 Å². The highest BCUT2D eigenvalue weighted by Gasteiger charge is 2.28. The number of amides is 2. The standard InChI is InChI=1S/C14H23N3O4/c1-11(2)9-16(5-3-4-15)14(20)17-6-7-21-12(10-17)8-13(18)19/h11-12H,3,5-10H2,1-2H3,(H,18,19). The maximum absolute atomic E-state index is 12.5. The third-order valence-corrected chi connectivity index (χ3v) is 3.16. The second-order valence-corrected chi connectivity index (χ2v) is 5.57. The molecule has 0 saturated carbocycles. The van der Waals surface area contributed by atoms with Gasteiger partial charge in [0, 0.05) is 26.2 Å². The van der Waals surface area contributed by atoms with Gasteiger partial charge < -0.3 is 19.6 Å². The van der Waals surface area contributed by atoms with Gasteiger partial charge in [0.15, 0.2) is 0 Å². The molecule has 1 rings (SSSR count). The number of carboxylic acids is 1. The van der Waals surface area contributed by atoms with Crippen LogP contribution >= 0.6 is 0 Å². The van der Waals surface area contributed by atoms with E-state index in [9.17, 15) is 9.59 Å². The monoisotopic (exact) mass is 297 g/mol. The number of carboxylic acid groups (broad SMARTS) is 1. The molecule has 1 atom stereocenters. The molecular weight excluding hydrogens is 274 g/mol. The number of aliphatic carboxylic acids is 1. The lowest BCUT2D eigenvalue weighted by atomic mass is 10.2. The van der Waals surface area contributed by atoms with Crippen LogP contribution in [0.25, 0.3) is 0 Å². The number of morpholine rings is 1. The van der Waals surface area contributed by atoms with Crippen LogP contribution in [0.3, 0.4) is 0 Å². The highest BCUT2D eigenvalue weighted by atomic mass is 16.5. The molecule has 1 aliphatic heterocycles. The quantitative estimate of drug-likeness (QED) is 0.793. The smallest absolute Gasteiger partial charge is 0.320 e. The van der Waals surface area contributed by atoms with Gasteiger partial charge in [0.25, 0.3) is 0 Å². The highest BCUT2D eigenvalue weighted by molar-refractivity contribution is 5.75. The fourth-order valence-electron chi connectivity index (χ4n) is 2.30. The molecule has 0 aromatic heterocycles. The molecule has 1 unspecified atom stereocenters. The van der Waals surface area contributed by atoms with Gasteiger partial charge in [0.05, 0.1) is 31.6 Å². The molecule has 1 fully saturated rings. The van der Waals surface area contributed by atoms with E-state index in [1.807, 2.05) is 19.9 Å². The minimum atomic E-state index is -0.933. The summed E-state index contributed by atoms with van der Waals surface area (Å²) in [4.78, 5) is 26.5. The van der Waals surface area contributed by atoms with Gasteiger partial charge in [-0.05, 0) is 5.92 Å². The molecule has 0 aromatic carbocycles. The summed E-state index contributed by atoms with van der Waals surface area (Å²) in [5.41, 5.74) is 0. The van der Waals surface area contributed by atoms with E-state index in [1.165, 1.54) is 0 Å². The lowest BCUT2D eigenvalue weighted by Gasteiger charge is -2.36. The lowest BCUT2D eigenvalue weighted by Crippen LogP contribution is -2.52. The second kappa shape index (κ2) is 8.47. The Morgan fingerprint density at radius 1 is 1.52 bits per heavy atom. The summed E-state index contributed by atoms with van der Waals surface area (Å²) in [5, 5.41) is 17.5. The molecule has 21 heavy (non-hydrogen) atoms. The molecule has 7 nitrogen and oxygen atoms in total. The Balaban J connectivity index is 2.64. The first kappa shape index (κ1) is 17.2. The number of hydrogen-bond donors (Lipinski definition) is 1. The van der Waals surface area contributed by atoms with Crippen molar-refractivity contribution in [3.8, 4) is 6.07 Å². The number of rotatable bonds is 6. The minimum absolute atomic E-state index is 0.105. The number of ether oxygens (including phenoxy) is 1. The molecule has 7 heteroatoms. The third-order valence-electron chi connectivity index (χ3n) is 3.16. The van der Waals surface area contributed by atoms with Crippen LogP contribution in [0, 0.1) is 17.2 Å². The maximum atomic E-state index is 12.5. The van der Waals surface area contributed by atoms with E-state index in [2.05, 4.69) is 0 Å². The molecule has 2 amide bonds. The van der Waals surface area contributed by atoms with Gasteiger partial charge >= 0.3 is 12.0 Å². The summed E-state index contributed by atoms with van der Waals surface area (Å²) in [5.74, 6) is -0.624. The van der Waals surface area contributed by atoms with Crippen molar-refractivity contribution in [2.24, 2.45) is 5.92 Å². The SMILES string of the molecule is CC(C)CN(CCC#N)C(=O)N1CCOC(CC(=O)O)C1. The van der Waals surface area contributed by atoms with E-state index in [0.717, 1.165) is 0 Å². The number of carbonyl (C=O) groups is 2. The van der Waals surface area contributed by atoms with E-state index in [-0.39, 0.29) is 19.0 Å². The first-order chi connectivity index (χ1) is 9.93. The Hall–Kier alpha value is -1.81.